The molecular weight excluding hydrogens is 224 g/mol. The molecule has 0 aliphatic rings. The van der Waals surface area contributed by atoms with Crippen molar-refractivity contribution in [3.8, 4) is 0 Å². The van der Waals surface area contributed by atoms with Crippen molar-refractivity contribution in [2.75, 3.05) is 12.8 Å². The van der Waals surface area contributed by atoms with Gasteiger partial charge in [-0.1, -0.05) is 12.1 Å². The minimum Gasteiger partial charge on any atom is -0.327 e. The van der Waals surface area contributed by atoms with E-state index in [0.717, 1.165) is 12.1 Å². The van der Waals surface area contributed by atoms with E-state index >= 15 is 0 Å². The van der Waals surface area contributed by atoms with Gasteiger partial charge in [-0.05, 0) is 24.6 Å². The lowest BCUT2D eigenvalue weighted by molar-refractivity contribution is 0.601. The van der Waals surface area contributed by atoms with E-state index in [4.69, 9.17) is 5.73 Å². The maximum Gasteiger partial charge on any atom is 0.175 e. The monoisotopic (exact) mass is 242 g/mol. The van der Waals surface area contributed by atoms with Crippen LogP contribution in [-0.2, 0) is 16.4 Å². The van der Waals surface area contributed by atoms with Gasteiger partial charge >= 0.3 is 0 Å². The zero-order valence-corrected chi connectivity index (χ0v) is 10.4. The van der Waals surface area contributed by atoms with Gasteiger partial charge in [0.2, 0.25) is 0 Å². The predicted molar refractivity (Wildman–Crippen MR) is 64.9 cm³/mol. The van der Waals surface area contributed by atoms with Gasteiger partial charge in [-0.25, -0.2) is 8.42 Å². The van der Waals surface area contributed by atoms with Crippen molar-refractivity contribution < 1.29 is 8.42 Å². The Morgan fingerprint density at radius 2 is 1.88 bits per heavy atom. The summed E-state index contributed by atoms with van der Waals surface area (Å²) in [6.45, 7) is 3.37. The normalized spacial score (nSPS) is 13.7. The average Bonchev–Trinajstić information content (AvgIpc) is 2.16. The summed E-state index contributed by atoms with van der Waals surface area (Å²) < 4.78 is 22.4. The van der Waals surface area contributed by atoms with E-state index in [-0.39, 0.29) is 6.04 Å². The Labute approximate surface area is 96.8 Å². The van der Waals surface area contributed by atoms with Gasteiger partial charge in [-0.15, -0.1) is 0 Å². The maximum atomic E-state index is 11.2. The Bertz CT molecular complexity index is 424. The summed E-state index contributed by atoms with van der Waals surface area (Å²) in [4.78, 5) is 0.350. The highest BCUT2D eigenvalue weighted by molar-refractivity contribution is 7.90. The van der Waals surface area contributed by atoms with Gasteiger partial charge in [0.1, 0.15) is 0 Å². The summed E-state index contributed by atoms with van der Waals surface area (Å²) in [5.74, 6) is 0. The molecule has 0 heterocycles. The molecule has 1 unspecified atom stereocenters. The molecule has 5 heteroatoms. The largest absolute Gasteiger partial charge is 0.327 e. The van der Waals surface area contributed by atoms with Crippen molar-refractivity contribution in [1.82, 2.24) is 5.32 Å². The van der Waals surface area contributed by atoms with Crippen LogP contribution < -0.4 is 11.1 Å². The van der Waals surface area contributed by atoms with Crippen LogP contribution in [0.5, 0.6) is 0 Å². The predicted octanol–water partition coefficient (Wildman–Crippen LogP) is 0.527. The molecule has 0 spiro atoms. The molecule has 0 amide bonds. The number of benzene rings is 1. The topological polar surface area (TPSA) is 72.2 Å². The number of hydrogen-bond donors (Lipinski definition) is 2. The van der Waals surface area contributed by atoms with E-state index in [2.05, 4.69) is 5.32 Å². The highest BCUT2D eigenvalue weighted by Gasteiger charge is 2.05. The third kappa shape index (κ3) is 4.30. The first-order valence-electron chi connectivity index (χ1n) is 5.15. The Hall–Kier alpha value is -0.910. The number of sulfone groups is 1. The molecule has 0 bridgehead atoms. The SMILES string of the molecule is CC(N)CNCc1ccc(S(C)(=O)=O)cc1. The van der Waals surface area contributed by atoms with Crippen molar-refractivity contribution in [1.29, 1.82) is 0 Å². The first-order chi connectivity index (χ1) is 7.39. The molecule has 1 rings (SSSR count). The van der Waals surface area contributed by atoms with Gasteiger partial charge in [-0.2, -0.15) is 0 Å². The maximum absolute atomic E-state index is 11.2. The van der Waals surface area contributed by atoms with Crippen LogP contribution in [0.3, 0.4) is 0 Å². The Morgan fingerprint density at radius 3 is 2.31 bits per heavy atom. The van der Waals surface area contributed by atoms with Gasteiger partial charge in [0.05, 0.1) is 4.90 Å². The van der Waals surface area contributed by atoms with E-state index in [0.29, 0.717) is 11.4 Å². The molecule has 0 radical (unpaired) electrons. The van der Waals surface area contributed by atoms with Gasteiger partial charge in [0, 0.05) is 25.4 Å². The number of rotatable bonds is 5. The molecule has 1 atom stereocenters. The summed E-state index contributed by atoms with van der Waals surface area (Å²) in [6, 6.07) is 6.99. The zero-order valence-electron chi connectivity index (χ0n) is 9.60. The number of nitrogens with one attached hydrogen (secondary N) is 1. The van der Waals surface area contributed by atoms with Crippen LogP contribution in [0.15, 0.2) is 29.2 Å². The third-order valence-corrected chi connectivity index (χ3v) is 3.28. The minimum atomic E-state index is -3.09. The lowest BCUT2D eigenvalue weighted by atomic mass is 10.2. The molecule has 3 N–H and O–H groups in total. The van der Waals surface area contributed by atoms with Gasteiger partial charge in [0.25, 0.3) is 0 Å². The lowest BCUT2D eigenvalue weighted by Gasteiger charge is -2.07. The molecule has 1 aromatic rings. The van der Waals surface area contributed by atoms with Crippen LogP contribution in [0.2, 0.25) is 0 Å². The third-order valence-electron chi connectivity index (χ3n) is 2.15. The van der Waals surface area contributed by atoms with Crippen LogP contribution in [0.25, 0.3) is 0 Å². The van der Waals surface area contributed by atoms with Gasteiger partial charge in [-0.3, -0.25) is 0 Å². The molecule has 0 fully saturated rings. The molecule has 0 saturated heterocycles. The second-order valence-electron chi connectivity index (χ2n) is 4.02. The minimum absolute atomic E-state index is 0.121. The Morgan fingerprint density at radius 1 is 1.31 bits per heavy atom. The number of hydrogen-bond acceptors (Lipinski definition) is 4. The molecule has 0 saturated carbocycles. The molecular formula is C11H18N2O2S. The molecule has 1 aromatic carbocycles. The first-order valence-corrected chi connectivity index (χ1v) is 7.04. The fraction of sp³-hybridized carbons (Fsp3) is 0.455. The molecule has 0 aromatic heterocycles. The summed E-state index contributed by atoms with van der Waals surface area (Å²) in [5, 5.41) is 3.18. The molecule has 0 aliphatic carbocycles. The van der Waals surface area contributed by atoms with Crippen molar-refractivity contribution in [2.24, 2.45) is 5.73 Å². The highest BCUT2D eigenvalue weighted by atomic mass is 32.2. The van der Waals surface area contributed by atoms with E-state index in [1.54, 1.807) is 12.1 Å². The van der Waals surface area contributed by atoms with Crippen LogP contribution in [0, 0.1) is 0 Å². The molecule has 0 aliphatic heterocycles. The van der Waals surface area contributed by atoms with Crippen LogP contribution >= 0.6 is 0 Å². The summed E-state index contributed by atoms with van der Waals surface area (Å²) in [6.07, 6.45) is 1.20. The Balaban J connectivity index is 2.59. The van der Waals surface area contributed by atoms with Gasteiger partial charge < -0.3 is 11.1 Å². The van der Waals surface area contributed by atoms with E-state index in [1.165, 1.54) is 6.26 Å². The smallest absolute Gasteiger partial charge is 0.175 e. The second-order valence-corrected chi connectivity index (χ2v) is 6.04. The van der Waals surface area contributed by atoms with Crippen molar-refractivity contribution in [3.05, 3.63) is 29.8 Å². The second kappa shape index (κ2) is 5.43. The fourth-order valence-electron chi connectivity index (χ4n) is 1.30. The van der Waals surface area contributed by atoms with E-state index in [9.17, 15) is 8.42 Å². The molecule has 4 nitrogen and oxygen atoms in total. The summed E-state index contributed by atoms with van der Waals surface area (Å²) >= 11 is 0. The van der Waals surface area contributed by atoms with E-state index in [1.807, 2.05) is 19.1 Å². The van der Waals surface area contributed by atoms with Crippen LogP contribution in [-0.4, -0.2) is 27.3 Å². The lowest BCUT2D eigenvalue weighted by Crippen LogP contribution is -2.30. The van der Waals surface area contributed by atoms with Crippen LogP contribution in [0.1, 0.15) is 12.5 Å². The van der Waals surface area contributed by atoms with Crippen molar-refractivity contribution in [2.45, 2.75) is 24.4 Å². The average molecular weight is 242 g/mol. The zero-order chi connectivity index (χ0) is 12.2. The molecule has 90 valence electrons. The Kier molecular flexibility index (Phi) is 4.46. The van der Waals surface area contributed by atoms with Crippen molar-refractivity contribution >= 4 is 9.84 Å². The first kappa shape index (κ1) is 13.2. The number of nitrogens with two attached hydrogens (primary N) is 1. The fourth-order valence-corrected chi connectivity index (χ4v) is 1.93. The standard InChI is InChI=1S/C11H18N2O2S/c1-9(12)7-13-8-10-3-5-11(6-4-10)16(2,14)15/h3-6,9,13H,7-8,12H2,1-2H3. The van der Waals surface area contributed by atoms with Gasteiger partial charge in [0.15, 0.2) is 9.84 Å². The van der Waals surface area contributed by atoms with Crippen LogP contribution in [0.4, 0.5) is 0 Å². The van der Waals surface area contributed by atoms with E-state index < -0.39 is 9.84 Å². The summed E-state index contributed by atoms with van der Waals surface area (Å²) in [7, 11) is -3.09. The quantitative estimate of drug-likeness (QED) is 0.790. The molecule has 16 heavy (non-hydrogen) atoms. The highest BCUT2D eigenvalue weighted by Crippen LogP contribution is 2.09. The van der Waals surface area contributed by atoms with Crippen molar-refractivity contribution in [3.63, 3.8) is 0 Å². The summed E-state index contributed by atoms with van der Waals surface area (Å²) in [5.41, 5.74) is 6.65.